The fourth-order valence-corrected chi connectivity index (χ4v) is 3.69. The highest BCUT2D eigenvalue weighted by molar-refractivity contribution is 7.89. The molecule has 1 aliphatic heterocycles. The minimum Gasteiger partial charge on any atom is -0.339 e. The number of aryl methyl sites for hydroxylation is 1. The van der Waals surface area contributed by atoms with Gasteiger partial charge in [0.25, 0.3) is 10.0 Å². The Morgan fingerprint density at radius 3 is 3.00 bits per heavy atom. The van der Waals surface area contributed by atoms with Gasteiger partial charge in [-0.25, -0.2) is 18.1 Å². The van der Waals surface area contributed by atoms with Gasteiger partial charge in [0.1, 0.15) is 0 Å². The Kier molecular flexibility index (Phi) is 5.11. The molecule has 3 rings (SSSR count). The van der Waals surface area contributed by atoms with Crippen molar-refractivity contribution in [3.05, 3.63) is 42.6 Å². The number of nitrogens with one attached hydrogen (secondary N) is 2. The molecule has 3 heterocycles. The maximum Gasteiger partial charge on any atom is 0.260 e. The molecule has 0 saturated carbocycles. The molecule has 25 heavy (non-hydrogen) atoms. The Morgan fingerprint density at radius 1 is 1.48 bits per heavy atom. The lowest BCUT2D eigenvalue weighted by Crippen LogP contribution is -2.51. The van der Waals surface area contributed by atoms with Gasteiger partial charge in [0.05, 0.1) is 18.9 Å². The number of carbonyl (C=O) groups is 1. The van der Waals surface area contributed by atoms with Crippen LogP contribution in [-0.2, 0) is 21.9 Å². The molecular weight excluding hydrogens is 344 g/mol. The van der Waals surface area contributed by atoms with E-state index in [1.54, 1.807) is 24.3 Å². The lowest BCUT2D eigenvalue weighted by Gasteiger charge is -2.36. The first-order valence-electron chi connectivity index (χ1n) is 7.85. The molecule has 0 radical (unpaired) electrons. The Labute approximate surface area is 146 Å². The smallest absolute Gasteiger partial charge is 0.260 e. The van der Waals surface area contributed by atoms with E-state index in [1.807, 2.05) is 12.1 Å². The first-order valence-corrected chi connectivity index (χ1v) is 9.33. The summed E-state index contributed by atoms with van der Waals surface area (Å²) in [4.78, 5) is 22.2. The predicted molar refractivity (Wildman–Crippen MR) is 90.0 cm³/mol. The van der Waals surface area contributed by atoms with Crippen molar-refractivity contribution in [3.63, 3.8) is 0 Å². The zero-order chi connectivity index (χ0) is 17.9. The molecule has 10 heteroatoms. The Balaban J connectivity index is 1.69. The second-order valence-electron chi connectivity index (χ2n) is 5.80. The van der Waals surface area contributed by atoms with E-state index in [9.17, 15) is 13.2 Å². The van der Waals surface area contributed by atoms with Crippen LogP contribution in [0.4, 0.5) is 0 Å². The van der Waals surface area contributed by atoms with Crippen LogP contribution >= 0.6 is 0 Å². The summed E-state index contributed by atoms with van der Waals surface area (Å²) in [5.41, 5.74) is 0.913. The second-order valence-corrected chi connectivity index (χ2v) is 7.51. The van der Waals surface area contributed by atoms with Gasteiger partial charge in [-0.3, -0.25) is 9.78 Å². The van der Waals surface area contributed by atoms with Gasteiger partial charge in [-0.1, -0.05) is 6.07 Å². The van der Waals surface area contributed by atoms with Crippen molar-refractivity contribution in [2.24, 2.45) is 7.05 Å². The molecule has 0 bridgehead atoms. The summed E-state index contributed by atoms with van der Waals surface area (Å²) >= 11 is 0. The van der Waals surface area contributed by atoms with Crippen LogP contribution in [0.25, 0.3) is 0 Å². The van der Waals surface area contributed by atoms with Gasteiger partial charge in [-0.2, -0.15) is 0 Å². The summed E-state index contributed by atoms with van der Waals surface area (Å²) in [6.45, 7) is 1.46. The Morgan fingerprint density at radius 2 is 2.32 bits per heavy atom. The molecule has 2 aromatic rings. The first kappa shape index (κ1) is 17.5. The molecule has 1 amide bonds. The van der Waals surface area contributed by atoms with Gasteiger partial charge in [-0.15, -0.1) is 0 Å². The van der Waals surface area contributed by atoms with Crippen LogP contribution in [0.1, 0.15) is 11.6 Å². The molecular formula is C15H20N6O3S. The average Bonchev–Trinajstić information content (AvgIpc) is 3.08. The number of hydrogen-bond donors (Lipinski definition) is 2. The zero-order valence-corrected chi connectivity index (χ0v) is 14.6. The van der Waals surface area contributed by atoms with E-state index < -0.39 is 10.0 Å². The molecule has 0 spiro atoms. The van der Waals surface area contributed by atoms with E-state index in [1.165, 1.54) is 17.1 Å². The van der Waals surface area contributed by atoms with Gasteiger partial charge >= 0.3 is 0 Å². The lowest BCUT2D eigenvalue weighted by molar-refractivity contribution is -0.133. The highest BCUT2D eigenvalue weighted by Crippen LogP contribution is 2.21. The van der Waals surface area contributed by atoms with E-state index in [-0.39, 0.29) is 23.5 Å². The maximum absolute atomic E-state index is 12.6. The Hall–Kier alpha value is -2.30. The van der Waals surface area contributed by atoms with Crippen molar-refractivity contribution < 1.29 is 13.2 Å². The monoisotopic (exact) mass is 364 g/mol. The van der Waals surface area contributed by atoms with Crippen molar-refractivity contribution in [1.29, 1.82) is 0 Å². The van der Waals surface area contributed by atoms with Crippen molar-refractivity contribution in [2.45, 2.75) is 11.1 Å². The standard InChI is InChI=1S/C15H20N6O3S/c1-20-10-14(18-11-20)25(23,24)19-9-15(22)21-6-5-17-8-13(21)12-3-2-4-16-7-12/h2-4,7,10-11,13,17,19H,5-6,8-9H2,1H3. The molecule has 1 unspecified atom stereocenters. The topological polar surface area (TPSA) is 109 Å². The molecule has 2 aromatic heterocycles. The number of sulfonamides is 1. The van der Waals surface area contributed by atoms with Crippen molar-refractivity contribution in [2.75, 3.05) is 26.2 Å². The largest absolute Gasteiger partial charge is 0.339 e. The molecule has 0 aliphatic carbocycles. The van der Waals surface area contributed by atoms with Gasteiger partial charge in [0, 0.05) is 45.3 Å². The number of amides is 1. The number of pyridine rings is 1. The molecule has 1 saturated heterocycles. The van der Waals surface area contributed by atoms with Gasteiger partial charge < -0.3 is 14.8 Å². The summed E-state index contributed by atoms with van der Waals surface area (Å²) in [5, 5.41) is 3.14. The van der Waals surface area contributed by atoms with Crippen molar-refractivity contribution in [1.82, 2.24) is 29.5 Å². The maximum atomic E-state index is 12.6. The molecule has 134 valence electrons. The molecule has 9 nitrogen and oxygen atoms in total. The van der Waals surface area contributed by atoms with Crippen LogP contribution in [0.2, 0.25) is 0 Å². The van der Waals surface area contributed by atoms with E-state index in [0.29, 0.717) is 19.6 Å². The molecule has 1 aliphatic rings. The fourth-order valence-electron chi connectivity index (χ4n) is 2.73. The summed E-state index contributed by atoms with van der Waals surface area (Å²) in [5.74, 6) is -0.283. The van der Waals surface area contributed by atoms with Crippen molar-refractivity contribution in [3.8, 4) is 0 Å². The Bertz CT molecular complexity index is 836. The van der Waals surface area contributed by atoms with Crippen LogP contribution < -0.4 is 10.0 Å². The van der Waals surface area contributed by atoms with E-state index in [0.717, 1.165) is 5.56 Å². The highest BCUT2D eigenvalue weighted by atomic mass is 32.2. The molecule has 2 N–H and O–H groups in total. The van der Waals surface area contributed by atoms with E-state index in [2.05, 4.69) is 20.0 Å². The zero-order valence-electron chi connectivity index (χ0n) is 13.8. The van der Waals surface area contributed by atoms with Gasteiger partial charge in [-0.05, 0) is 11.6 Å². The van der Waals surface area contributed by atoms with E-state index >= 15 is 0 Å². The molecule has 1 atom stereocenters. The molecule has 1 fully saturated rings. The number of piperazine rings is 1. The minimum absolute atomic E-state index is 0.105. The van der Waals surface area contributed by atoms with Crippen LogP contribution in [0.3, 0.4) is 0 Å². The summed E-state index contributed by atoms with van der Waals surface area (Å²) in [6.07, 6.45) is 6.17. The number of imidazole rings is 1. The normalized spacial score (nSPS) is 18.3. The lowest BCUT2D eigenvalue weighted by atomic mass is 10.1. The van der Waals surface area contributed by atoms with Gasteiger partial charge in [0.2, 0.25) is 5.91 Å². The number of rotatable bonds is 5. The van der Waals surface area contributed by atoms with Crippen LogP contribution in [0, 0.1) is 0 Å². The third kappa shape index (κ3) is 4.03. The number of nitrogens with zero attached hydrogens (tertiary/aromatic N) is 4. The second kappa shape index (κ2) is 7.30. The number of aromatic nitrogens is 3. The van der Waals surface area contributed by atoms with Gasteiger partial charge in [0.15, 0.2) is 5.03 Å². The highest BCUT2D eigenvalue weighted by Gasteiger charge is 2.29. The van der Waals surface area contributed by atoms with Crippen LogP contribution in [0.15, 0.2) is 42.1 Å². The summed E-state index contributed by atoms with van der Waals surface area (Å²) in [6, 6.07) is 3.55. The van der Waals surface area contributed by atoms with Crippen LogP contribution in [-0.4, -0.2) is 59.9 Å². The number of hydrogen-bond acceptors (Lipinski definition) is 6. The minimum atomic E-state index is -3.81. The third-order valence-electron chi connectivity index (χ3n) is 4.00. The van der Waals surface area contributed by atoms with Crippen molar-refractivity contribution >= 4 is 15.9 Å². The van der Waals surface area contributed by atoms with E-state index in [4.69, 9.17) is 0 Å². The summed E-state index contributed by atoms with van der Waals surface area (Å²) < 4.78 is 28.3. The first-order chi connectivity index (χ1) is 12.0. The average molecular weight is 364 g/mol. The fraction of sp³-hybridized carbons (Fsp3) is 0.400. The predicted octanol–water partition coefficient (Wildman–Crippen LogP) is -0.733. The van der Waals surface area contributed by atoms with Crippen LogP contribution in [0.5, 0.6) is 0 Å². The summed E-state index contributed by atoms with van der Waals surface area (Å²) in [7, 11) is -2.14. The quantitative estimate of drug-likeness (QED) is 0.724. The third-order valence-corrected chi connectivity index (χ3v) is 5.29. The number of carbonyl (C=O) groups excluding carboxylic acids is 1. The molecule has 0 aromatic carbocycles. The SMILES string of the molecule is Cn1cnc(S(=O)(=O)NCC(=O)N2CCNCC2c2cccnc2)c1.